The number of amides is 1. The summed E-state index contributed by atoms with van der Waals surface area (Å²) in [4.78, 5) is 14.5. The van der Waals surface area contributed by atoms with Gasteiger partial charge in [-0.05, 0) is 43.4 Å². The normalized spacial score (nSPS) is 18.1. The molecule has 26 heavy (non-hydrogen) atoms. The summed E-state index contributed by atoms with van der Waals surface area (Å²) >= 11 is 0. The summed E-state index contributed by atoms with van der Waals surface area (Å²) in [6.07, 6.45) is 1.09. The van der Waals surface area contributed by atoms with Crippen molar-refractivity contribution in [2.24, 2.45) is 11.7 Å². The van der Waals surface area contributed by atoms with Crippen molar-refractivity contribution in [2.75, 3.05) is 26.7 Å². The van der Waals surface area contributed by atoms with Gasteiger partial charge in [0.1, 0.15) is 0 Å². The zero-order valence-electron chi connectivity index (χ0n) is 16.2. The number of nitrogens with zero attached hydrogens (tertiary/aromatic N) is 2. The van der Waals surface area contributed by atoms with Gasteiger partial charge in [0.15, 0.2) is 0 Å². The van der Waals surface area contributed by atoms with E-state index in [4.69, 9.17) is 5.73 Å². The van der Waals surface area contributed by atoms with Crippen molar-refractivity contribution in [3.8, 4) is 0 Å². The summed E-state index contributed by atoms with van der Waals surface area (Å²) < 4.78 is 27.2. The first kappa shape index (κ1) is 20.9. The number of nitrogens with two attached hydrogens (primary N) is 1. The topological polar surface area (TPSA) is 83.7 Å². The minimum Gasteiger partial charge on any atom is -0.342 e. The van der Waals surface area contributed by atoms with Gasteiger partial charge in [0.2, 0.25) is 15.9 Å². The van der Waals surface area contributed by atoms with Crippen LogP contribution in [0.2, 0.25) is 0 Å². The van der Waals surface area contributed by atoms with Crippen LogP contribution in [0.4, 0.5) is 0 Å². The molecule has 146 valence electrons. The number of hydrogen-bond acceptors (Lipinski definition) is 4. The van der Waals surface area contributed by atoms with E-state index in [1.54, 1.807) is 24.1 Å². The second-order valence-corrected chi connectivity index (χ2v) is 9.37. The molecule has 2 rings (SSSR count). The Morgan fingerprint density at radius 2 is 1.73 bits per heavy atom. The lowest BCUT2D eigenvalue weighted by Gasteiger charge is -2.34. The highest BCUT2D eigenvalue weighted by atomic mass is 32.2. The summed E-state index contributed by atoms with van der Waals surface area (Å²) in [5, 5.41) is 0. The number of rotatable bonds is 6. The van der Waals surface area contributed by atoms with E-state index in [0.29, 0.717) is 43.3 Å². The van der Waals surface area contributed by atoms with E-state index in [1.807, 2.05) is 19.1 Å². The maximum atomic E-state index is 12.8. The number of sulfonamides is 1. The molecule has 1 saturated heterocycles. The third-order valence-electron chi connectivity index (χ3n) is 5.34. The first-order chi connectivity index (χ1) is 12.2. The van der Waals surface area contributed by atoms with E-state index in [1.165, 1.54) is 4.31 Å². The molecule has 1 fully saturated rings. The van der Waals surface area contributed by atoms with Crippen molar-refractivity contribution in [1.82, 2.24) is 9.21 Å². The number of hydrogen-bond donors (Lipinski definition) is 1. The van der Waals surface area contributed by atoms with Crippen LogP contribution in [0.5, 0.6) is 0 Å². The summed E-state index contributed by atoms with van der Waals surface area (Å²) in [6.45, 7) is 7.23. The summed E-state index contributed by atoms with van der Waals surface area (Å²) in [7, 11) is -1.74. The van der Waals surface area contributed by atoms with Gasteiger partial charge in [-0.3, -0.25) is 4.79 Å². The van der Waals surface area contributed by atoms with Gasteiger partial charge in [0.05, 0.1) is 4.90 Å². The highest BCUT2D eigenvalue weighted by Crippen LogP contribution is 2.26. The smallest absolute Gasteiger partial charge is 0.243 e. The van der Waals surface area contributed by atoms with Crippen molar-refractivity contribution in [1.29, 1.82) is 0 Å². The maximum absolute atomic E-state index is 12.8. The number of piperidine rings is 1. The number of carbonyl (C=O) groups excluding carboxylic acids is 1. The highest BCUT2D eigenvalue weighted by Gasteiger charge is 2.33. The molecule has 0 radical (unpaired) electrons. The quantitative estimate of drug-likeness (QED) is 0.817. The fourth-order valence-corrected chi connectivity index (χ4v) is 4.65. The lowest BCUT2D eigenvalue weighted by atomic mass is 9.96. The molecule has 0 aliphatic carbocycles. The van der Waals surface area contributed by atoms with Crippen LogP contribution in [0.1, 0.15) is 45.1 Å². The molecule has 1 atom stereocenters. The van der Waals surface area contributed by atoms with E-state index in [-0.39, 0.29) is 17.9 Å². The SMILES string of the molecule is CC(C)c1ccc(S(=O)(=O)N2CCC(C(=O)N(C)C(C)CN)CC2)cc1. The van der Waals surface area contributed by atoms with Crippen molar-refractivity contribution >= 4 is 15.9 Å². The predicted molar refractivity (Wildman–Crippen MR) is 103 cm³/mol. The Balaban J connectivity index is 2.03. The number of benzene rings is 1. The molecule has 1 aliphatic heterocycles. The van der Waals surface area contributed by atoms with Gasteiger partial charge in [-0.15, -0.1) is 0 Å². The van der Waals surface area contributed by atoms with Gasteiger partial charge >= 0.3 is 0 Å². The zero-order chi connectivity index (χ0) is 19.5. The summed E-state index contributed by atoms with van der Waals surface area (Å²) in [5.41, 5.74) is 6.75. The monoisotopic (exact) mass is 381 g/mol. The van der Waals surface area contributed by atoms with Crippen LogP contribution in [0.25, 0.3) is 0 Å². The molecule has 1 unspecified atom stereocenters. The molecule has 1 heterocycles. The molecule has 1 amide bonds. The lowest BCUT2D eigenvalue weighted by molar-refractivity contribution is -0.137. The van der Waals surface area contributed by atoms with Crippen molar-refractivity contribution in [2.45, 2.75) is 50.5 Å². The Morgan fingerprint density at radius 3 is 2.19 bits per heavy atom. The Hall–Kier alpha value is -1.44. The third-order valence-corrected chi connectivity index (χ3v) is 7.25. The van der Waals surface area contributed by atoms with E-state index >= 15 is 0 Å². The van der Waals surface area contributed by atoms with Crippen LogP contribution < -0.4 is 5.73 Å². The molecule has 0 saturated carbocycles. The molecule has 1 aliphatic rings. The van der Waals surface area contributed by atoms with Crippen molar-refractivity contribution < 1.29 is 13.2 Å². The zero-order valence-corrected chi connectivity index (χ0v) is 17.0. The van der Waals surface area contributed by atoms with Crippen molar-refractivity contribution in [3.05, 3.63) is 29.8 Å². The Kier molecular flexibility index (Phi) is 6.82. The standard InChI is InChI=1S/C19H31N3O3S/c1-14(2)16-5-7-18(8-6-16)26(24,25)22-11-9-17(10-12-22)19(23)21(4)15(3)13-20/h5-8,14-15,17H,9-13,20H2,1-4H3. The Morgan fingerprint density at radius 1 is 1.19 bits per heavy atom. The molecule has 2 N–H and O–H groups in total. The molecule has 0 bridgehead atoms. The van der Waals surface area contributed by atoms with Crippen LogP contribution in [0.15, 0.2) is 29.2 Å². The lowest BCUT2D eigenvalue weighted by Crippen LogP contribution is -2.47. The third kappa shape index (κ3) is 4.45. The molecule has 7 heteroatoms. The average molecular weight is 382 g/mol. The van der Waals surface area contributed by atoms with Crippen LogP contribution in [0, 0.1) is 5.92 Å². The highest BCUT2D eigenvalue weighted by molar-refractivity contribution is 7.89. The Labute approximate surface area is 157 Å². The molecule has 0 spiro atoms. The van der Waals surface area contributed by atoms with Gasteiger partial charge in [-0.25, -0.2) is 8.42 Å². The second-order valence-electron chi connectivity index (χ2n) is 7.44. The van der Waals surface area contributed by atoms with Gasteiger partial charge < -0.3 is 10.6 Å². The van der Waals surface area contributed by atoms with Gasteiger partial charge in [0, 0.05) is 38.6 Å². The van der Waals surface area contributed by atoms with Gasteiger partial charge in [-0.2, -0.15) is 4.31 Å². The van der Waals surface area contributed by atoms with E-state index in [0.717, 1.165) is 5.56 Å². The first-order valence-electron chi connectivity index (χ1n) is 9.25. The van der Waals surface area contributed by atoms with Crippen molar-refractivity contribution in [3.63, 3.8) is 0 Å². The van der Waals surface area contributed by atoms with E-state index in [2.05, 4.69) is 13.8 Å². The first-order valence-corrected chi connectivity index (χ1v) is 10.7. The molecule has 1 aromatic rings. The fraction of sp³-hybridized carbons (Fsp3) is 0.632. The summed E-state index contributed by atoms with van der Waals surface area (Å²) in [5.74, 6) is 0.284. The van der Waals surface area contributed by atoms with Crippen LogP contribution in [-0.2, 0) is 14.8 Å². The molecule has 6 nitrogen and oxygen atoms in total. The second kappa shape index (κ2) is 8.50. The van der Waals surface area contributed by atoms with Crippen LogP contribution >= 0.6 is 0 Å². The van der Waals surface area contributed by atoms with E-state index < -0.39 is 10.0 Å². The predicted octanol–water partition coefficient (Wildman–Crippen LogP) is 2.02. The fourth-order valence-electron chi connectivity index (χ4n) is 3.18. The number of carbonyl (C=O) groups is 1. The van der Waals surface area contributed by atoms with Gasteiger partial charge in [0.25, 0.3) is 0 Å². The Bertz CT molecular complexity index is 708. The average Bonchev–Trinajstić information content (AvgIpc) is 2.66. The largest absolute Gasteiger partial charge is 0.342 e. The van der Waals surface area contributed by atoms with E-state index in [9.17, 15) is 13.2 Å². The minimum absolute atomic E-state index is 0.0104. The number of likely N-dealkylation sites (N-methyl/N-ethyl adjacent to an activating group) is 1. The maximum Gasteiger partial charge on any atom is 0.243 e. The van der Waals surface area contributed by atoms with Crippen LogP contribution in [-0.4, -0.2) is 56.3 Å². The molecule has 1 aromatic carbocycles. The molecular weight excluding hydrogens is 350 g/mol. The molecule has 0 aromatic heterocycles. The molecular formula is C19H31N3O3S. The minimum atomic E-state index is -3.51. The van der Waals surface area contributed by atoms with Crippen LogP contribution in [0.3, 0.4) is 0 Å². The van der Waals surface area contributed by atoms with Gasteiger partial charge in [-0.1, -0.05) is 26.0 Å². The summed E-state index contributed by atoms with van der Waals surface area (Å²) in [6, 6.07) is 7.09.